The van der Waals surface area contributed by atoms with E-state index < -0.39 is 0 Å². The van der Waals surface area contributed by atoms with Crippen molar-refractivity contribution >= 4 is 6.03 Å². The van der Waals surface area contributed by atoms with Gasteiger partial charge in [-0.25, -0.2) is 4.79 Å². The highest BCUT2D eigenvalue weighted by atomic mass is 16.5. The van der Waals surface area contributed by atoms with Crippen molar-refractivity contribution in [1.82, 2.24) is 10.6 Å². The van der Waals surface area contributed by atoms with Crippen molar-refractivity contribution in [3.63, 3.8) is 0 Å². The SMILES string of the molecule is CCCNC(=O)NC[C@H]1c2cc(OC)c(OC)cc2CC[NH+]1Cc1ccccc1C. The zero-order valence-corrected chi connectivity index (χ0v) is 18.5. The van der Waals surface area contributed by atoms with Crippen molar-refractivity contribution in [3.8, 4) is 11.5 Å². The minimum absolute atomic E-state index is 0.111. The molecule has 0 aliphatic carbocycles. The van der Waals surface area contributed by atoms with Gasteiger partial charge in [0, 0.05) is 24.1 Å². The highest BCUT2D eigenvalue weighted by molar-refractivity contribution is 5.73. The molecular formula is C24H34N3O3+. The number of carbonyl (C=O) groups is 1. The highest BCUT2D eigenvalue weighted by Crippen LogP contribution is 2.34. The van der Waals surface area contributed by atoms with E-state index in [1.54, 1.807) is 14.2 Å². The zero-order valence-electron chi connectivity index (χ0n) is 18.5. The molecule has 1 heterocycles. The number of methoxy groups -OCH3 is 2. The summed E-state index contributed by atoms with van der Waals surface area (Å²) < 4.78 is 11.1. The van der Waals surface area contributed by atoms with E-state index in [9.17, 15) is 4.79 Å². The lowest BCUT2D eigenvalue weighted by molar-refractivity contribution is -0.945. The van der Waals surface area contributed by atoms with E-state index >= 15 is 0 Å². The Kier molecular flexibility index (Phi) is 7.57. The van der Waals surface area contributed by atoms with Gasteiger partial charge in [-0.2, -0.15) is 0 Å². The molecule has 0 spiro atoms. The summed E-state index contributed by atoms with van der Waals surface area (Å²) >= 11 is 0. The van der Waals surface area contributed by atoms with Crippen LogP contribution in [0.1, 0.15) is 41.6 Å². The summed E-state index contributed by atoms with van der Waals surface area (Å²) in [5.74, 6) is 1.49. The molecule has 0 saturated carbocycles. The molecule has 30 heavy (non-hydrogen) atoms. The average molecular weight is 413 g/mol. The number of hydrogen-bond acceptors (Lipinski definition) is 3. The largest absolute Gasteiger partial charge is 0.493 e. The molecule has 2 atom stereocenters. The summed E-state index contributed by atoms with van der Waals surface area (Å²) in [5.41, 5.74) is 5.13. The number of fused-ring (bicyclic) bond motifs is 1. The molecule has 2 aromatic carbocycles. The molecule has 162 valence electrons. The van der Waals surface area contributed by atoms with Gasteiger partial charge in [-0.3, -0.25) is 0 Å². The van der Waals surface area contributed by atoms with Gasteiger partial charge >= 0.3 is 6.03 Å². The Labute approximate surface area is 179 Å². The molecule has 2 amide bonds. The topological polar surface area (TPSA) is 64.0 Å². The second-order valence-corrected chi connectivity index (χ2v) is 7.86. The molecule has 0 fully saturated rings. The second kappa shape index (κ2) is 10.3. The fourth-order valence-electron chi connectivity index (χ4n) is 4.18. The Hall–Kier alpha value is -2.73. The molecule has 6 nitrogen and oxygen atoms in total. The number of amides is 2. The molecule has 6 heteroatoms. The van der Waals surface area contributed by atoms with Crippen molar-refractivity contribution in [2.45, 2.75) is 39.3 Å². The summed E-state index contributed by atoms with van der Waals surface area (Å²) in [7, 11) is 3.33. The van der Waals surface area contributed by atoms with Gasteiger partial charge in [-0.15, -0.1) is 0 Å². The van der Waals surface area contributed by atoms with Crippen LogP contribution in [-0.2, 0) is 13.0 Å². The molecule has 1 aliphatic rings. The van der Waals surface area contributed by atoms with Crippen LogP contribution < -0.4 is 25.0 Å². The maximum absolute atomic E-state index is 12.2. The molecule has 3 N–H and O–H groups in total. The summed E-state index contributed by atoms with van der Waals surface area (Å²) in [4.78, 5) is 13.7. The molecule has 0 radical (unpaired) electrons. The summed E-state index contributed by atoms with van der Waals surface area (Å²) in [6.07, 6.45) is 1.89. The van der Waals surface area contributed by atoms with Crippen molar-refractivity contribution in [1.29, 1.82) is 0 Å². The number of nitrogens with one attached hydrogen (secondary N) is 3. The summed E-state index contributed by atoms with van der Waals surface area (Å²) in [5, 5.41) is 5.99. The first kappa shape index (κ1) is 22.0. The number of hydrogen-bond donors (Lipinski definition) is 3. The normalized spacial score (nSPS) is 17.7. The van der Waals surface area contributed by atoms with Gasteiger partial charge < -0.3 is 25.0 Å². The number of urea groups is 1. The lowest BCUT2D eigenvalue weighted by Gasteiger charge is -2.35. The standard InChI is InChI=1S/C24H33N3O3/c1-5-11-25-24(28)26-15-21-20-14-23(30-4)22(29-3)13-18(20)10-12-27(21)16-19-9-7-6-8-17(19)2/h6-9,13-14,21H,5,10-12,15-16H2,1-4H3,(H2,25,26,28)/p+1/t21-/m0/s1. The van der Waals surface area contributed by atoms with Crippen LogP contribution in [0, 0.1) is 6.92 Å². The van der Waals surface area contributed by atoms with Crippen molar-refractivity contribution < 1.29 is 19.2 Å². The minimum Gasteiger partial charge on any atom is -0.493 e. The average Bonchev–Trinajstić information content (AvgIpc) is 2.77. The Morgan fingerprint density at radius 3 is 2.57 bits per heavy atom. The van der Waals surface area contributed by atoms with Crippen LogP contribution in [-0.4, -0.2) is 39.9 Å². The Morgan fingerprint density at radius 1 is 1.13 bits per heavy atom. The fraction of sp³-hybridized carbons (Fsp3) is 0.458. The van der Waals surface area contributed by atoms with Crippen molar-refractivity contribution in [2.24, 2.45) is 0 Å². The van der Waals surface area contributed by atoms with Gasteiger partial charge in [0.05, 0.1) is 27.3 Å². The number of rotatable bonds is 8. The summed E-state index contributed by atoms with van der Waals surface area (Å²) in [6, 6.07) is 12.7. The third kappa shape index (κ3) is 5.05. The van der Waals surface area contributed by atoms with E-state index in [2.05, 4.69) is 54.0 Å². The highest BCUT2D eigenvalue weighted by Gasteiger charge is 2.33. The lowest BCUT2D eigenvalue weighted by Crippen LogP contribution is -3.12. The van der Waals surface area contributed by atoms with Crippen LogP contribution in [0.2, 0.25) is 0 Å². The molecule has 0 bridgehead atoms. The van der Waals surface area contributed by atoms with Crippen LogP contribution in [0.4, 0.5) is 4.79 Å². The Bertz CT molecular complexity index is 869. The van der Waals surface area contributed by atoms with E-state index in [1.807, 2.05) is 6.92 Å². The Morgan fingerprint density at radius 2 is 1.87 bits per heavy atom. The smallest absolute Gasteiger partial charge is 0.315 e. The third-order valence-electron chi connectivity index (χ3n) is 5.91. The first-order valence-corrected chi connectivity index (χ1v) is 10.7. The van der Waals surface area contributed by atoms with E-state index in [1.165, 1.54) is 27.2 Å². The number of carbonyl (C=O) groups excluding carboxylic acids is 1. The van der Waals surface area contributed by atoms with Crippen molar-refractivity contribution in [3.05, 3.63) is 58.7 Å². The van der Waals surface area contributed by atoms with Gasteiger partial charge in [-0.05, 0) is 36.6 Å². The number of ether oxygens (including phenoxy) is 2. The monoisotopic (exact) mass is 412 g/mol. The van der Waals surface area contributed by atoms with E-state index in [-0.39, 0.29) is 12.1 Å². The van der Waals surface area contributed by atoms with Crippen molar-refractivity contribution in [2.75, 3.05) is 33.9 Å². The molecule has 1 aliphatic heterocycles. The minimum atomic E-state index is -0.111. The fourth-order valence-corrected chi connectivity index (χ4v) is 4.18. The van der Waals surface area contributed by atoms with Crippen LogP contribution in [0.3, 0.4) is 0 Å². The second-order valence-electron chi connectivity index (χ2n) is 7.86. The quantitative estimate of drug-likeness (QED) is 0.624. The molecular weight excluding hydrogens is 378 g/mol. The van der Waals surface area contributed by atoms with Crippen LogP contribution >= 0.6 is 0 Å². The summed E-state index contributed by atoms with van der Waals surface area (Å²) in [6.45, 7) is 7.37. The lowest BCUT2D eigenvalue weighted by atomic mass is 9.91. The molecule has 2 aromatic rings. The van der Waals surface area contributed by atoms with Gasteiger partial charge in [-0.1, -0.05) is 31.2 Å². The zero-order chi connectivity index (χ0) is 21.5. The van der Waals surface area contributed by atoms with E-state index in [0.717, 1.165) is 37.4 Å². The number of quaternary nitrogens is 1. The van der Waals surface area contributed by atoms with Gasteiger partial charge in [0.15, 0.2) is 11.5 Å². The predicted octanol–water partition coefficient (Wildman–Crippen LogP) is 2.40. The molecule has 0 aromatic heterocycles. The molecule has 3 rings (SSSR count). The molecule has 1 unspecified atom stereocenters. The number of aryl methyl sites for hydroxylation is 1. The maximum atomic E-state index is 12.2. The Balaban J connectivity index is 1.89. The predicted molar refractivity (Wildman–Crippen MR) is 118 cm³/mol. The van der Waals surface area contributed by atoms with E-state index in [4.69, 9.17) is 9.47 Å². The first-order chi connectivity index (χ1) is 14.6. The van der Waals surface area contributed by atoms with Crippen LogP contribution in [0.15, 0.2) is 36.4 Å². The first-order valence-electron chi connectivity index (χ1n) is 10.7. The third-order valence-corrected chi connectivity index (χ3v) is 5.91. The number of benzene rings is 2. The van der Waals surface area contributed by atoms with E-state index in [0.29, 0.717) is 13.1 Å². The maximum Gasteiger partial charge on any atom is 0.315 e. The van der Waals surface area contributed by atoms with Crippen LogP contribution in [0.5, 0.6) is 11.5 Å². The van der Waals surface area contributed by atoms with Gasteiger partial charge in [0.1, 0.15) is 12.6 Å². The van der Waals surface area contributed by atoms with Gasteiger partial charge in [0.25, 0.3) is 0 Å². The van der Waals surface area contributed by atoms with Gasteiger partial charge in [0.2, 0.25) is 0 Å². The molecule has 0 saturated heterocycles. The van der Waals surface area contributed by atoms with Crippen LogP contribution in [0.25, 0.3) is 0 Å².